The molecule has 2 fully saturated rings. The number of carboxylic acid groups (broad SMARTS) is 1. The molecule has 0 aliphatic carbocycles. The highest BCUT2D eigenvalue weighted by Crippen LogP contribution is 2.51. The number of imidazole rings is 1. The molecule has 2 saturated heterocycles. The fourth-order valence-electron chi connectivity index (χ4n) is 5.34. The number of primary amides is 1. The van der Waals surface area contributed by atoms with Crippen LogP contribution in [0.4, 0.5) is 0 Å². The Kier molecular flexibility index (Phi) is 8.36. The summed E-state index contributed by atoms with van der Waals surface area (Å²) < 4.78 is 3.99. The lowest BCUT2D eigenvalue weighted by Crippen LogP contribution is -3.00. The summed E-state index contributed by atoms with van der Waals surface area (Å²) in [4.78, 5) is 37.7. The smallest absolute Gasteiger partial charge is 0.353 e. The molecule has 2 amide bonds. The molecular formula is C23H32ClN5O5S. The highest BCUT2D eigenvalue weighted by Gasteiger charge is 2.60. The van der Waals surface area contributed by atoms with E-state index >= 15 is 0 Å². The molecule has 0 saturated carbocycles. The number of carbonyl (C=O) groups excluding carboxylic acids is 2. The third-order valence-electron chi connectivity index (χ3n) is 6.91. The van der Waals surface area contributed by atoms with Crippen LogP contribution in [-0.2, 0) is 28.0 Å². The van der Waals surface area contributed by atoms with Gasteiger partial charge in [0.15, 0.2) is 5.69 Å². The van der Waals surface area contributed by atoms with E-state index in [2.05, 4.69) is 9.88 Å². The fraction of sp³-hybridized carbons (Fsp3) is 0.565. The largest absolute Gasteiger partial charge is 1.00 e. The zero-order chi connectivity index (χ0) is 24.7. The predicted octanol–water partition coefficient (Wildman–Crippen LogP) is -3.18. The van der Waals surface area contributed by atoms with E-state index in [1.54, 1.807) is 24.8 Å². The number of rotatable bonds is 9. The highest BCUT2D eigenvalue weighted by molar-refractivity contribution is 8.03. The lowest BCUT2D eigenvalue weighted by atomic mass is 9.79. The van der Waals surface area contributed by atoms with Crippen LogP contribution in [0, 0.1) is 11.8 Å². The maximum absolute atomic E-state index is 12.5. The Hall–Kier alpha value is -2.34. The van der Waals surface area contributed by atoms with Crippen LogP contribution in [0.3, 0.4) is 0 Å². The average Bonchev–Trinajstić information content (AvgIpc) is 3.41. The number of amides is 2. The third kappa shape index (κ3) is 5.28. The first-order chi connectivity index (χ1) is 16.1. The van der Waals surface area contributed by atoms with Gasteiger partial charge in [-0.3, -0.25) is 9.59 Å². The van der Waals surface area contributed by atoms with Crippen LogP contribution in [0.5, 0.6) is 0 Å². The Morgan fingerprint density at radius 2 is 2.14 bits per heavy atom. The molecule has 5 N–H and O–H groups in total. The minimum Gasteiger partial charge on any atom is -1.00 e. The summed E-state index contributed by atoms with van der Waals surface area (Å²) in [5.74, 6) is -2.54. The molecule has 6 atom stereocenters. The lowest BCUT2D eigenvalue weighted by molar-refractivity contribution is -0.671. The first-order valence-corrected chi connectivity index (χ1v) is 12.4. The number of aromatic nitrogens is 2. The normalized spacial score (nSPS) is 28.7. The SMILES string of the molecule is C[C@@H](O)[C@H]1C(=O)N2C(C(=O)O)=C(S[C@@H]3CN[C@H](CCn4c[n+](C)cc4C=CC(N)=O)C3)[C@H](C)[C@H]12.[Cl-]. The third-order valence-corrected chi connectivity index (χ3v) is 8.42. The lowest BCUT2D eigenvalue weighted by Gasteiger charge is -2.46. The summed E-state index contributed by atoms with van der Waals surface area (Å²) in [5.41, 5.74) is 6.19. The number of aliphatic hydroxyl groups excluding tert-OH is 1. The van der Waals surface area contributed by atoms with Crippen LogP contribution in [-0.4, -0.2) is 67.4 Å². The van der Waals surface area contributed by atoms with E-state index in [0.717, 1.165) is 36.5 Å². The Morgan fingerprint density at radius 1 is 1.43 bits per heavy atom. The molecule has 12 heteroatoms. The van der Waals surface area contributed by atoms with E-state index in [1.807, 2.05) is 31.1 Å². The molecule has 4 heterocycles. The number of carbonyl (C=O) groups is 3. The number of fused-ring (bicyclic) bond motifs is 1. The summed E-state index contributed by atoms with van der Waals surface area (Å²) in [7, 11) is 1.92. The number of β-lactam (4-membered cyclic amide) rings is 1. The summed E-state index contributed by atoms with van der Waals surface area (Å²) in [5, 5.41) is 23.6. The number of aliphatic hydroxyl groups is 1. The molecule has 192 valence electrons. The minimum atomic E-state index is -1.09. The molecule has 0 aromatic carbocycles. The van der Waals surface area contributed by atoms with Gasteiger partial charge in [0, 0.05) is 41.2 Å². The van der Waals surface area contributed by atoms with Gasteiger partial charge in [0.2, 0.25) is 18.1 Å². The molecule has 3 aliphatic heterocycles. The number of aryl methyl sites for hydroxylation is 2. The van der Waals surface area contributed by atoms with Crippen molar-refractivity contribution in [3.8, 4) is 0 Å². The Bertz CT molecular complexity index is 1070. The summed E-state index contributed by atoms with van der Waals surface area (Å²) in [6.07, 6.45) is 7.90. The van der Waals surface area contributed by atoms with Gasteiger partial charge in [-0.25, -0.2) is 13.9 Å². The van der Waals surface area contributed by atoms with Crippen molar-refractivity contribution in [3.63, 3.8) is 0 Å². The first-order valence-electron chi connectivity index (χ1n) is 11.5. The Labute approximate surface area is 214 Å². The van der Waals surface area contributed by atoms with E-state index in [1.165, 1.54) is 11.0 Å². The number of nitrogens with one attached hydrogen (secondary N) is 1. The quantitative estimate of drug-likeness (QED) is 0.151. The maximum Gasteiger partial charge on any atom is 0.353 e. The van der Waals surface area contributed by atoms with Crippen LogP contribution in [0.25, 0.3) is 6.08 Å². The molecular weight excluding hydrogens is 494 g/mol. The van der Waals surface area contributed by atoms with Gasteiger partial charge in [-0.2, -0.15) is 0 Å². The van der Waals surface area contributed by atoms with Crippen LogP contribution >= 0.6 is 11.8 Å². The first kappa shape index (κ1) is 27.3. The van der Waals surface area contributed by atoms with Gasteiger partial charge in [0.25, 0.3) is 0 Å². The van der Waals surface area contributed by atoms with Crippen molar-refractivity contribution in [3.05, 3.63) is 34.9 Å². The topological polar surface area (TPSA) is 142 Å². The number of thioether (sulfide) groups is 1. The second-order valence-corrected chi connectivity index (χ2v) is 10.7. The molecule has 3 aliphatic rings. The fourth-order valence-corrected chi connectivity index (χ4v) is 6.86. The number of nitrogens with two attached hydrogens (primary N) is 1. The van der Waals surface area contributed by atoms with Crippen molar-refractivity contribution in [2.75, 3.05) is 6.54 Å². The molecule has 0 radical (unpaired) electrons. The van der Waals surface area contributed by atoms with Gasteiger partial charge in [0.1, 0.15) is 11.9 Å². The van der Waals surface area contributed by atoms with Crippen molar-refractivity contribution in [1.82, 2.24) is 14.8 Å². The van der Waals surface area contributed by atoms with Gasteiger partial charge >= 0.3 is 5.97 Å². The molecule has 0 bridgehead atoms. The molecule has 0 spiro atoms. The van der Waals surface area contributed by atoms with Gasteiger partial charge in [0.05, 0.1) is 31.7 Å². The highest BCUT2D eigenvalue weighted by atomic mass is 35.5. The second kappa shape index (κ2) is 10.7. The zero-order valence-corrected chi connectivity index (χ0v) is 21.5. The van der Waals surface area contributed by atoms with Crippen molar-refractivity contribution in [2.45, 2.75) is 56.7 Å². The Morgan fingerprint density at radius 3 is 2.77 bits per heavy atom. The number of halogens is 1. The van der Waals surface area contributed by atoms with Crippen molar-refractivity contribution < 1.29 is 41.6 Å². The molecule has 35 heavy (non-hydrogen) atoms. The number of aliphatic carboxylic acids is 1. The summed E-state index contributed by atoms with van der Waals surface area (Å²) >= 11 is 1.55. The molecule has 10 nitrogen and oxygen atoms in total. The molecule has 1 aromatic heterocycles. The number of hydrogen-bond donors (Lipinski definition) is 4. The molecule has 1 aromatic rings. The minimum absolute atomic E-state index is 0. The monoisotopic (exact) mass is 525 g/mol. The van der Waals surface area contributed by atoms with Gasteiger partial charge in [-0.1, -0.05) is 6.92 Å². The van der Waals surface area contributed by atoms with Gasteiger partial charge in [-0.15, -0.1) is 11.8 Å². The van der Waals surface area contributed by atoms with Crippen molar-refractivity contribution >= 4 is 35.6 Å². The summed E-state index contributed by atoms with van der Waals surface area (Å²) in [6, 6.07) is -0.0137. The van der Waals surface area contributed by atoms with E-state index in [-0.39, 0.29) is 47.3 Å². The van der Waals surface area contributed by atoms with E-state index < -0.39 is 23.9 Å². The van der Waals surface area contributed by atoms with Crippen LogP contribution in [0.15, 0.2) is 29.2 Å². The van der Waals surface area contributed by atoms with E-state index in [4.69, 9.17) is 5.73 Å². The van der Waals surface area contributed by atoms with Crippen LogP contribution in [0.2, 0.25) is 0 Å². The number of hydrogen-bond acceptors (Lipinski definition) is 6. The van der Waals surface area contributed by atoms with Crippen LogP contribution in [0.1, 0.15) is 32.4 Å². The van der Waals surface area contributed by atoms with E-state index in [0.29, 0.717) is 0 Å². The molecule has 4 rings (SSSR count). The number of nitrogens with zero attached hydrogens (tertiary/aromatic N) is 3. The van der Waals surface area contributed by atoms with Crippen molar-refractivity contribution in [2.24, 2.45) is 24.6 Å². The zero-order valence-electron chi connectivity index (χ0n) is 19.9. The number of carboxylic acids is 1. The predicted molar refractivity (Wildman–Crippen MR) is 126 cm³/mol. The summed E-state index contributed by atoms with van der Waals surface area (Å²) in [6.45, 7) is 5.05. The average molecular weight is 526 g/mol. The second-order valence-electron chi connectivity index (χ2n) is 9.41. The van der Waals surface area contributed by atoms with Gasteiger partial charge in [-0.05, 0) is 19.4 Å². The van der Waals surface area contributed by atoms with Gasteiger partial charge < -0.3 is 38.6 Å². The Balaban J connectivity index is 0.00000342. The molecule has 0 unspecified atom stereocenters. The maximum atomic E-state index is 12.5. The van der Waals surface area contributed by atoms with Crippen molar-refractivity contribution in [1.29, 1.82) is 0 Å². The van der Waals surface area contributed by atoms with E-state index in [9.17, 15) is 24.6 Å². The van der Waals surface area contributed by atoms with Crippen LogP contribution < -0.4 is 28.0 Å². The standard InChI is InChI=1S/C23H31N5O5S.ClH/c1-12-19-18(13(2)29)22(31)28(19)20(23(32)33)21(12)34-16-8-14(25-9-16)6-7-27-11-26(3)10-15(27)4-5-17(24)30;/h4-5,10-14,16,18-19,25,29H,6-9H2,1-3H3,(H2-,24,30,32,33);1H/t12-,13-,14-,16+,18-,19-;/m1./s1.